The molecule has 0 saturated carbocycles. The van der Waals surface area contributed by atoms with Gasteiger partial charge in [-0.25, -0.2) is 0 Å². The van der Waals surface area contributed by atoms with E-state index in [2.05, 4.69) is 0 Å². The number of carbonyl (C=O) groups excluding carboxylic acids is 1. The molecular formula is C14H11ClF3NO. The molecule has 6 heteroatoms. The first-order valence-electron chi connectivity index (χ1n) is 5.77. The molecule has 2 aromatic rings. The summed E-state index contributed by atoms with van der Waals surface area (Å²) < 4.78 is 40.8. The van der Waals surface area contributed by atoms with Gasteiger partial charge in [-0.15, -0.1) is 0 Å². The third kappa shape index (κ3) is 2.45. The molecule has 0 fully saturated rings. The highest BCUT2D eigenvalue weighted by Crippen LogP contribution is 2.36. The normalized spacial score (nSPS) is 11.7. The maximum atomic E-state index is 13.1. The second-order valence-corrected chi connectivity index (χ2v) is 4.88. The number of aromatic nitrogens is 1. The van der Waals surface area contributed by atoms with E-state index < -0.39 is 11.7 Å². The highest BCUT2D eigenvalue weighted by atomic mass is 35.5. The smallest absolute Gasteiger partial charge is 0.317 e. The number of aryl methyl sites for hydroxylation is 1. The topological polar surface area (TPSA) is 22.0 Å². The van der Waals surface area contributed by atoms with Crippen LogP contribution in [0.1, 0.15) is 27.3 Å². The Morgan fingerprint density at radius 2 is 1.85 bits per heavy atom. The van der Waals surface area contributed by atoms with Gasteiger partial charge in [-0.05, 0) is 38.1 Å². The molecule has 106 valence electrons. The van der Waals surface area contributed by atoms with Crippen LogP contribution in [0.15, 0.2) is 24.3 Å². The fourth-order valence-electron chi connectivity index (χ4n) is 2.21. The maximum absolute atomic E-state index is 13.1. The molecule has 0 radical (unpaired) electrons. The summed E-state index contributed by atoms with van der Waals surface area (Å²) in [5, 5.41) is 0.0131. The van der Waals surface area contributed by atoms with Gasteiger partial charge in [0, 0.05) is 22.0 Å². The molecule has 0 amide bonds. The zero-order chi connectivity index (χ0) is 15.1. The van der Waals surface area contributed by atoms with Crippen molar-refractivity contribution < 1.29 is 18.0 Å². The molecular weight excluding hydrogens is 291 g/mol. The molecule has 2 rings (SSSR count). The Morgan fingerprint density at radius 3 is 2.35 bits per heavy atom. The molecule has 0 N–H and O–H groups in total. The van der Waals surface area contributed by atoms with E-state index >= 15 is 0 Å². The van der Waals surface area contributed by atoms with Gasteiger partial charge < -0.3 is 4.57 Å². The van der Waals surface area contributed by atoms with Crippen molar-refractivity contribution in [3.8, 4) is 5.69 Å². The van der Waals surface area contributed by atoms with Crippen LogP contribution in [0.25, 0.3) is 5.69 Å². The van der Waals surface area contributed by atoms with Crippen LogP contribution in [0.3, 0.4) is 0 Å². The van der Waals surface area contributed by atoms with Gasteiger partial charge in [0.15, 0.2) is 6.29 Å². The van der Waals surface area contributed by atoms with Gasteiger partial charge in [0.1, 0.15) is 0 Å². The predicted octanol–water partition coefficient (Wildman–Crippen LogP) is 4.58. The third-order valence-corrected chi connectivity index (χ3v) is 3.34. The summed E-state index contributed by atoms with van der Waals surface area (Å²) in [4.78, 5) is 10.9. The largest absolute Gasteiger partial charge is 0.418 e. The zero-order valence-corrected chi connectivity index (χ0v) is 11.5. The van der Waals surface area contributed by atoms with Gasteiger partial charge in [-0.2, -0.15) is 13.2 Å². The summed E-state index contributed by atoms with van der Waals surface area (Å²) in [5.74, 6) is 0. The second kappa shape index (κ2) is 4.98. The molecule has 0 spiro atoms. The quantitative estimate of drug-likeness (QED) is 0.744. The zero-order valence-electron chi connectivity index (χ0n) is 10.8. The SMILES string of the molecule is Cc1cc(C=O)c(C)n1-c1ccc(Cl)cc1C(F)(F)F. The minimum Gasteiger partial charge on any atom is -0.317 e. The lowest BCUT2D eigenvalue weighted by molar-refractivity contribution is -0.137. The third-order valence-electron chi connectivity index (χ3n) is 3.10. The van der Waals surface area contributed by atoms with E-state index in [-0.39, 0.29) is 10.7 Å². The summed E-state index contributed by atoms with van der Waals surface area (Å²) in [6.07, 6.45) is -3.90. The van der Waals surface area contributed by atoms with Crippen LogP contribution in [0.2, 0.25) is 5.02 Å². The molecule has 0 aliphatic carbocycles. The molecule has 2 nitrogen and oxygen atoms in total. The molecule has 0 saturated heterocycles. The van der Waals surface area contributed by atoms with Crippen LogP contribution in [0.5, 0.6) is 0 Å². The van der Waals surface area contributed by atoms with Gasteiger partial charge >= 0.3 is 6.18 Å². The summed E-state index contributed by atoms with van der Waals surface area (Å²) in [5.41, 5.74) is 0.516. The molecule has 0 aliphatic heterocycles. The molecule has 20 heavy (non-hydrogen) atoms. The summed E-state index contributed by atoms with van der Waals surface area (Å²) >= 11 is 5.66. The number of hydrogen-bond acceptors (Lipinski definition) is 1. The lowest BCUT2D eigenvalue weighted by Crippen LogP contribution is -2.12. The van der Waals surface area contributed by atoms with E-state index in [4.69, 9.17) is 11.6 Å². The fraction of sp³-hybridized carbons (Fsp3) is 0.214. The average Bonchev–Trinajstić information content (AvgIpc) is 2.64. The van der Waals surface area contributed by atoms with Crippen molar-refractivity contribution in [2.75, 3.05) is 0 Å². The van der Waals surface area contributed by atoms with Gasteiger partial charge in [0.05, 0.1) is 11.3 Å². The number of alkyl halides is 3. The molecule has 0 aliphatic rings. The van der Waals surface area contributed by atoms with Gasteiger partial charge in [-0.3, -0.25) is 4.79 Å². The van der Waals surface area contributed by atoms with Crippen molar-refractivity contribution in [1.29, 1.82) is 0 Å². The van der Waals surface area contributed by atoms with Crippen LogP contribution in [0.4, 0.5) is 13.2 Å². The Kier molecular flexibility index (Phi) is 3.65. The first-order valence-corrected chi connectivity index (χ1v) is 6.14. The minimum atomic E-state index is -4.52. The van der Waals surface area contributed by atoms with Crippen molar-refractivity contribution in [2.24, 2.45) is 0 Å². The summed E-state index contributed by atoms with van der Waals surface area (Å²) in [6.45, 7) is 3.25. The monoisotopic (exact) mass is 301 g/mol. The van der Waals surface area contributed by atoms with E-state index in [1.54, 1.807) is 19.9 Å². The number of rotatable bonds is 2. The molecule has 1 heterocycles. The second-order valence-electron chi connectivity index (χ2n) is 4.44. The number of nitrogens with zero attached hydrogens (tertiary/aromatic N) is 1. The first kappa shape index (κ1) is 14.7. The fourth-order valence-corrected chi connectivity index (χ4v) is 2.38. The van der Waals surface area contributed by atoms with Crippen molar-refractivity contribution in [3.05, 3.63) is 51.8 Å². The number of carbonyl (C=O) groups is 1. The Balaban J connectivity index is 2.77. The van der Waals surface area contributed by atoms with Gasteiger partial charge in [0.25, 0.3) is 0 Å². The van der Waals surface area contributed by atoms with Crippen LogP contribution in [0, 0.1) is 13.8 Å². The van der Waals surface area contributed by atoms with E-state index in [1.807, 2.05) is 0 Å². The van der Waals surface area contributed by atoms with E-state index in [0.29, 0.717) is 23.2 Å². The van der Waals surface area contributed by atoms with Crippen LogP contribution >= 0.6 is 11.6 Å². The van der Waals surface area contributed by atoms with Crippen molar-refractivity contribution >= 4 is 17.9 Å². The number of hydrogen-bond donors (Lipinski definition) is 0. The minimum absolute atomic E-state index is 0.0131. The van der Waals surface area contributed by atoms with Crippen LogP contribution in [-0.2, 0) is 6.18 Å². The highest BCUT2D eigenvalue weighted by molar-refractivity contribution is 6.30. The first-order chi connectivity index (χ1) is 9.25. The Bertz CT molecular complexity index is 674. The van der Waals surface area contributed by atoms with E-state index in [9.17, 15) is 18.0 Å². The molecule has 1 aromatic carbocycles. The molecule has 1 aromatic heterocycles. The summed E-state index contributed by atoms with van der Waals surface area (Å²) in [6, 6.07) is 5.14. The van der Waals surface area contributed by atoms with Crippen LogP contribution < -0.4 is 0 Å². The molecule has 0 unspecified atom stereocenters. The number of benzene rings is 1. The molecule has 0 bridgehead atoms. The van der Waals surface area contributed by atoms with Crippen LogP contribution in [-0.4, -0.2) is 10.9 Å². The average molecular weight is 302 g/mol. The standard InChI is InChI=1S/C14H11ClF3NO/c1-8-5-10(7-20)9(2)19(8)13-4-3-11(15)6-12(13)14(16,17)18/h3-7H,1-2H3. The Labute approximate surface area is 118 Å². The van der Waals surface area contributed by atoms with Crippen molar-refractivity contribution in [3.63, 3.8) is 0 Å². The number of halogens is 4. The maximum Gasteiger partial charge on any atom is 0.418 e. The Morgan fingerprint density at radius 1 is 1.20 bits per heavy atom. The van der Waals surface area contributed by atoms with E-state index in [0.717, 1.165) is 6.07 Å². The lowest BCUT2D eigenvalue weighted by Gasteiger charge is -2.17. The number of aldehydes is 1. The van der Waals surface area contributed by atoms with Gasteiger partial charge in [0.2, 0.25) is 0 Å². The van der Waals surface area contributed by atoms with Gasteiger partial charge in [-0.1, -0.05) is 11.6 Å². The van der Waals surface area contributed by atoms with Crippen molar-refractivity contribution in [2.45, 2.75) is 20.0 Å². The molecule has 0 atom stereocenters. The lowest BCUT2D eigenvalue weighted by atomic mass is 10.1. The Hall–Kier alpha value is -1.75. The van der Waals surface area contributed by atoms with Crippen molar-refractivity contribution in [1.82, 2.24) is 4.57 Å². The summed E-state index contributed by atoms with van der Waals surface area (Å²) in [7, 11) is 0. The predicted molar refractivity (Wildman–Crippen MR) is 70.6 cm³/mol. The highest BCUT2D eigenvalue weighted by Gasteiger charge is 2.34. The van der Waals surface area contributed by atoms with E-state index in [1.165, 1.54) is 16.7 Å².